The third-order valence-electron chi connectivity index (χ3n) is 3.65. The number of nitrogens with one attached hydrogen (secondary N) is 2. The van der Waals surface area contributed by atoms with Crippen LogP contribution in [0.25, 0.3) is 10.4 Å². The van der Waals surface area contributed by atoms with E-state index in [1.165, 1.54) is 0 Å². The lowest BCUT2D eigenvalue weighted by Crippen LogP contribution is -2.41. The van der Waals surface area contributed by atoms with Gasteiger partial charge in [-0.25, -0.2) is 0 Å². The highest BCUT2D eigenvalue weighted by Crippen LogP contribution is 2.11. The summed E-state index contributed by atoms with van der Waals surface area (Å²) >= 11 is 0.843. The number of azide groups is 1. The van der Waals surface area contributed by atoms with Crippen LogP contribution in [0.3, 0.4) is 0 Å². The van der Waals surface area contributed by atoms with E-state index >= 15 is 0 Å². The first-order valence-corrected chi connectivity index (χ1v) is 10.3. The van der Waals surface area contributed by atoms with Gasteiger partial charge < -0.3 is 15.7 Å². The summed E-state index contributed by atoms with van der Waals surface area (Å²) in [4.78, 5) is 49.3. The van der Waals surface area contributed by atoms with E-state index in [4.69, 9.17) is 10.6 Å². The Balaban J connectivity index is 4.26. The average molecular weight is 416 g/mol. The number of rotatable bonds is 16. The van der Waals surface area contributed by atoms with Crippen LogP contribution in [0, 0.1) is 0 Å². The second-order valence-electron chi connectivity index (χ2n) is 6.10. The lowest BCUT2D eigenvalue weighted by molar-refractivity contribution is -0.139. The minimum atomic E-state index is -1.20. The first-order chi connectivity index (χ1) is 13.4. The van der Waals surface area contributed by atoms with Gasteiger partial charge in [-0.3, -0.25) is 19.2 Å². The van der Waals surface area contributed by atoms with Crippen molar-refractivity contribution >= 4 is 34.7 Å². The Kier molecular flexibility index (Phi) is 15.5. The molecule has 10 nitrogen and oxygen atoms in total. The monoisotopic (exact) mass is 415 g/mol. The van der Waals surface area contributed by atoms with Crippen molar-refractivity contribution in [2.75, 3.05) is 18.8 Å². The van der Waals surface area contributed by atoms with E-state index in [1.54, 1.807) is 0 Å². The number of carboxylic acid groups (broad SMARTS) is 1. The fourth-order valence-corrected chi connectivity index (χ4v) is 3.02. The molecule has 2 amide bonds. The van der Waals surface area contributed by atoms with Gasteiger partial charge >= 0.3 is 5.97 Å². The van der Waals surface area contributed by atoms with E-state index in [-0.39, 0.29) is 31.0 Å². The number of aliphatic carboxylic acids is 1. The Hall–Kier alpha value is -2.26. The zero-order valence-electron chi connectivity index (χ0n) is 16.2. The second kappa shape index (κ2) is 16.9. The molecule has 0 aliphatic carbocycles. The largest absolute Gasteiger partial charge is 0.481 e. The van der Waals surface area contributed by atoms with Gasteiger partial charge in [0.2, 0.25) is 16.9 Å². The number of amides is 2. The third-order valence-corrected chi connectivity index (χ3v) is 4.63. The topological polar surface area (TPSA) is 161 Å². The lowest BCUT2D eigenvalue weighted by atomic mass is 10.2. The van der Waals surface area contributed by atoms with Crippen molar-refractivity contribution in [2.45, 2.75) is 64.3 Å². The molecule has 1 atom stereocenters. The fraction of sp³-hybridized carbons (Fsp3) is 0.765. The van der Waals surface area contributed by atoms with Gasteiger partial charge in [0.1, 0.15) is 6.04 Å². The van der Waals surface area contributed by atoms with Gasteiger partial charge in [0.15, 0.2) is 0 Å². The van der Waals surface area contributed by atoms with Crippen molar-refractivity contribution < 1.29 is 24.3 Å². The predicted molar refractivity (Wildman–Crippen MR) is 107 cm³/mol. The molecule has 0 spiro atoms. The molecule has 0 aliphatic heterocycles. The van der Waals surface area contributed by atoms with Crippen molar-refractivity contribution in [3.63, 3.8) is 0 Å². The summed E-state index contributed by atoms with van der Waals surface area (Å²) in [6, 6.07) is -1.14. The summed E-state index contributed by atoms with van der Waals surface area (Å²) < 4.78 is 0. The smallest absolute Gasteiger partial charge is 0.305 e. The summed E-state index contributed by atoms with van der Waals surface area (Å²) in [5.41, 5.74) is 8.17. The minimum absolute atomic E-state index is 0.106. The minimum Gasteiger partial charge on any atom is -0.481 e. The van der Waals surface area contributed by atoms with Gasteiger partial charge in [-0.05, 0) is 24.8 Å². The van der Waals surface area contributed by atoms with Crippen LogP contribution >= 0.6 is 11.8 Å². The lowest BCUT2D eigenvalue weighted by Gasteiger charge is -2.15. The van der Waals surface area contributed by atoms with Crippen LogP contribution in [-0.4, -0.2) is 52.9 Å². The van der Waals surface area contributed by atoms with Gasteiger partial charge in [0.05, 0.1) is 6.42 Å². The Bertz CT molecular complexity index is 566. The summed E-state index contributed by atoms with van der Waals surface area (Å²) in [5, 5.41) is 17.0. The molecule has 0 radical (unpaired) electrons. The number of thioether (sulfide) groups is 1. The van der Waals surface area contributed by atoms with Crippen LogP contribution in [0.4, 0.5) is 0 Å². The van der Waals surface area contributed by atoms with Gasteiger partial charge in [-0.2, -0.15) is 0 Å². The standard InChI is InChI=1S/C17H29N5O5S/c1-2-3-5-9-19-14(23)8-11-28-17(27)13(12-16(25)26)21-15(24)7-4-6-10-20-22-18/h13H,2-12H2,1H3,(H,19,23)(H,21,24)(H,25,26). The molecule has 11 heteroatoms. The van der Waals surface area contributed by atoms with Gasteiger partial charge in [-0.15, -0.1) is 0 Å². The Morgan fingerprint density at radius 2 is 1.86 bits per heavy atom. The molecule has 0 heterocycles. The van der Waals surface area contributed by atoms with E-state index < -0.39 is 29.5 Å². The highest BCUT2D eigenvalue weighted by Gasteiger charge is 2.24. The van der Waals surface area contributed by atoms with Crippen molar-refractivity contribution in [3.8, 4) is 0 Å². The molecular formula is C17H29N5O5S. The molecule has 0 aromatic heterocycles. The summed E-state index contributed by atoms with van der Waals surface area (Å²) in [5.74, 6) is -1.57. The number of carbonyl (C=O) groups is 4. The second-order valence-corrected chi connectivity index (χ2v) is 7.20. The van der Waals surface area contributed by atoms with Crippen LogP contribution < -0.4 is 10.6 Å². The molecule has 0 saturated heterocycles. The Labute approximate surface area is 168 Å². The van der Waals surface area contributed by atoms with Crippen molar-refractivity contribution in [1.82, 2.24) is 10.6 Å². The van der Waals surface area contributed by atoms with Crippen LogP contribution in [0.15, 0.2) is 5.11 Å². The number of nitrogens with zero attached hydrogens (tertiary/aromatic N) is 3. The summed E-state index contributed by atoms with van der Waals surface area (Å²) in [6.07, 6.45) is 3.73. The number of hydrogen-bond acceptors (Lipinski definition) is 6. The molecular weight excluding hydrogens is 386 g/mol. The van der Waals surface area contributed by atoms with Crippen LogP contribution in [-0.2, 0) is 19.2 Å². The zero-order chi connectivity index (χ0) is 21.2. The third kappa shape index (κ3) is 14.9. The van der Waals surface area contributed by atoms with Crippen molar-refractivity contribution in [3.05, 3.63) is 10.4 Å². The van der Waals surface area contributed by atoms with Gasteiger partial charge in [-0.1, -0.05) is 36.6 Å². The molecule has 0 aromatic rings. The van der Waals surface area contributed by atoms with E-state index in [0.29, 0.717) is 19.4 Å². The van der Waals surface area contributed by atoms with Crippen LogP contribution in [0.1, 0.15) is 58.3 Å². The molecule has 0 saturated carbocycles. The molecule has 3 N–H and O–H groups in total. The van der Waals surface area contributed by atoms with Crippen molar-refractivity contribution in [2.24, 2.45) is 5.11 Å². The quantitative estimate of drug-likeness (QED) is 0.152. The van der Waals surface area contributed by atoms with Crippen LogP contribution in [0.5, 0.6) is 0 Å². The van der Waals surface area contributed by atoms with E-state index in [0.717, 1.165) is 31.0 Å². The average Bonchev–Trinajstić information content (AvgIpc) is 2.64. The van der Waals surface area contributed by atoms with E-state index in [1.807, 2.05) is 0 Å². The van der Waals surface area contributed by atoms with E-state index in [9.17, 15) is 19.2 Å². The first kappa shape index (κ1) is 25.7. The Morgan fingerprint density at radius 3 is 2.50 bits per heavy atom. The highest BCUT2D eigenvalue weighted by molar-refractivity contribution is 8.13. The predicted octanol–water partition coefficient (Wildman–Crippen LogP) is 2.38. The molecule has 0 fully saturated rings. The fourth-order valence-electron chi connectivity index (χ4n) is 2.18. The molecule has 0 aromatic carbocycles. The SMILES string of the molecule is CCCCCNC(=O)CCSC(=O)C(CC(=O)O)NC(=O)CCCCN=[N+]=[N-]. The molecule has 0 bridgehead atoms. The van der Waals surface area contributed by atoms with Crippen molar-refractivity contribution in [1.29, 1.82) is 0 Å². The molecule has 1 unspecified atom stereocenters. The number of carboxylic acids is 1. The van der Waals surface area contributed by atoms with Crippen LogP contribution in [0.2, 0.25) is 0 Å². The number of hydrogen-bond donors (Lipinski definition) is 3. The number of carbonyl (C=O) groups excluding carboxylic acids is 3. The zero-order valence-corrected chi connectivity index (χ0v) is 17.0. The maximum absolute atomic E-state index is 12.2. The van der Waals surface area contributed by atoms with E-state index in [2.05, 4.69) is 27.6 Å². The molecule has 0 rings (SSSR count). The Morgan fingerprint density at radius 1 is 1.11 bits per heavy atom. The molecule has 158 valence electrons. The molecule has 28 heavy (non-hydrogen) atoms. The summed E-state index contributed by atoms with van der Waals surface area (Å²) in [7, 11) is 0. The van der Waals surface area contributed by atoms with Gasteiger partial charge in [0, 0.05) is 36.6 Å². The van der Waals surface area contributed by atoms with Gasteiger partial charge in [0.25, 0.3) is 0 Å². The number of unbranched alkanes of at least 4 members (excludes halogenated alkanes) is 3. The maximum atomic E-state index is 12.2. The molecule has 0 aliphatic rings. The maximum Gasteiger partial charge on any atom is 0.305 e. The normalized spacial score (nSPS) is 11.2. The highest BCUT2D eigenvalue weighted by atomic mass is 32.2. The summed E-state index contributed by atoms with van der Waals surface area (Å²) in [6.45, 7) is 2.94. The first-order valence-electron chi connectivity index (χ1n) is 9.36.